The largest absolute Gasteiger partial charge is 0.321 e. The maximum Gasteiger partial charge on any atom is 0.256 e. The van der Waals surface area contributed by atoms with Crippen molar-refractivity contribution in [2.24, 2.45) is 0 Å². The first-order valence-electron chi connectivity index (χ1n) is 7.38. The molecule has 0 bridgehead atoms. The fourth-order valence-electron chi connectivity index (χ4n) is 2.84. The molecule has 0 aromatic heterocycles. The van der Waals surface area contributed by atoms with E-state index in [0.717, 1.165) is 22.0 Å². The van der Waals surface area contributed by atoms with Crippen molar-refractivity contribution >= 4 is 33.7 Å². The summed E-state index contributed by atoms with van der Waals surface area (Å²) < 4.78 is 0. The van der Waals surface area contributed by atoms with Crippen LogP contribution in [0.15, 0.2) is 72.8 Å². The Kier molecular flexibility index (Phi) is 3.05. The van der Waals surface area contributed by atoms with Gasteiger partial charge in [0.05, 0.1) is 5.57 Å². The summed E-state index contributed by atoms with van der Waals surface area (Å²) in [7, 11) is 0. The van der Waals surface area contributed by atoms with E-state index in [1.807, 2.05) is 60.7 Å². The van der Waals surface area contributed by atoms with Crippen molar-refractivity contribution < 1.29 is 9.59 Å². The molecule has 3 heteroatoms. The van der Waals surface area contributed by atoms with Crippen molar-refractivity contribution in [1.29, 1.82) is 0 Å². The van der Waals surface area contributed by atoms with E-state index in [2.05, 4.69) is 5.32 Å². The second kappa shape index (κ2) is 5.21. The Morgan fingerprint density at radius 2 is 1.61 bits per heavy atom. The molecule has 0 saturated heterocycles. The number of carbonyl (C=O) groups is 2. The second-order valence-electron chi connectivity index (χ2n) is 5.48. The van der Waals surface area contributed by atoms with Gasteiger partial charge in [0.2, 0.25) is 0 Å². The van der Waals surface area contributed by atoms with Crippen LogP contribution in [0.4, 0.5) is 5.69 Å². The summed E-state index contributed by atoms with van der Waals surface area (Å²) in [6.07, 6.45) is 1.42. The molecule has 1 aliphatic heterocycles. The Balaban J connectivity index is 1.75. The van der Waals surface area contributed by atoms with Gasteiger partial charge in [-0.3, -0.25) is 9.59 Å². The molecule has 23 heavy (non-hydrogen) atoms. The highest BCUT2D eigenvalue weighted by atomic mass is 16.2. The summed E-state index contributed by atoms with van der Waals surface area (Å²) in [6.45, 7) is 0. The number of fused-ring (bicyclic) bond motifs is 2. The van der Waals surface area contributed by atoms with Gasteiger partial charge in [-0.2, -0.15) is 0 Å². The molecule has 1 amide bonds. The van der Waals surface area contributed by atoms with Gasteiger partial charge in [0.25, 0.3) is 5.91 Å². The van der Waals surface area contributed by atoms with Crippen LogP contribution in [0.1, 0.15) is 15.9 Å². The van der Waals surface area contributed by atoms with E-state index in [9.17, 15) is 9.59 Å². The van der Waals surface area contributed by atoms with Gasteiger partial charge in [-0.15, -0.1) is 0 Å². The van der Waals surface area contributed by atoms with E-state index >= 15 is 0 Å². The van der Waals surface area contributed by atoms with Crippen molar-refractivity contribution in [2.75, 3.05) is 5.32 Å². The summed E-state index contributed by atoms with van der Waals surface area (Å²) in [5, 5.41) is 4.87. The van der Waals surface area contributed by atoms with Crippen molar-refractivity contribution in [3.8, 4) is 0 Å². The van der Waals surface area contributed by atoms with Crippen LogP contribution in [0, 0.1) is 0 Å². The third-order valence-electron chi connectivity index (χ3n) is 4.02. The lowest BCUT2D eigenvalue weighted by Gasteiger charge is -2.01. The Labute approximate surface area is 133 Å². The minimum absolute atomic E-state index is 0.169. The van der Waals surface area contributed by atoms with E-state index in [-0.39, 0.29) is 11.7 Å². The molecule has 0 spiro atoms. The van der Waals surface area contributed by atoms with Crippen LogP contribution in [0.2, 0.25) is 0 Å². The number of nitrogens with one attached hydrogen (secondary N) is 1. The molecular formula is C20H13NO2. The van der Waals surface area contributed by atoms with E-state index in [1.54, 1.807) is 6.07 Å². The van der Waals surface area contributed by atoms with Gasteiger partial charge >= 0.3 is 0 Å². The molecule has 1 N–H and O–H groups in total. The molecule has 110 valence electrons. The number of rotatable bonds is 2. The predicted octanol–water partition coefficient (Wildman–Crippen LogP) is 4.06. The zero-order valence-electron chi connectivity index (χ0n) is 12.2. The summed E-state index contributed by atoms with van der Waals surface area (Å²) in [5.74, 6) is -0.405. The van der Waals surface area contributed by atoms with Crippen molar-refractivity contribution in [2.45, 2.75) is 0 Å². The minimum Gasteiger partial charge on any atom is -0.321 e. The molecule has 0 unspecified atom stereocenters. The first kappa shape index (κ1) is 13.5. The molecule has 3 nitrogen and oxygen atoms in total. The molecular weight excluding hydrogens is 286 g/mol. The van der Waals surface area contributed by atoms with E-state index < -0.39 is 0 Å². The van der Waals surface area contributed by atoms with E-state index in [1.165, 1.54) is 6.08 Å². The summed E-state index contributed by atoms with van der Waals surface area (Å²) in [6, 6.07) is 20.8. The monoisotopic (exact) mass is 299 g/mol. The number of amides is 1. The molecule has 0 saturated carbocycles. The van der Waals surface area contributed by atoms with Crippen LogP contribution in [0.5, 0.6) is 0 Å². The highest BCUT2D eigenvalue weighted by Gasteiger charge is 2.24. The first-order chi connectivity index (χ1) is 11.2. The number of ketones is 1. The zero-order chi connectivity index (χ0) is 15.8. The zero-order valence-corrected chi connectivity index (χ0v) is 12.2. The van der Waals surface area contributed by atoms with Crippen molar-refractivity contribution in [1.82, 2.24) is 0 Å². The van der Waals surface area contributed by atoms with Gasteiger partial charge in [-0.1, -0.05) is 54.6 Å². The molecule has 4 rings (SSSR count). The second-order valence-corrected chi connectivity index (χ2v) is 5.48. The number of benzene rings is 3. The lowest BCUT2D eigenvalue weighted by molar-refractivity contribution is -0.110. The topological polar surface area (TPSA) is 46.2 Å². The maximum atomic E-state index is 12.5. The quantitative estimate of drug-likeness (QED) is 0.573. The normalized spacial score (nSPS) is 14.8. The summed E-state index contributed by atoms with van der Waals surface area (Å²) in [5.41, 5.74) is 2.51. The lowest BCUT2D eigenvalue weighted by Crippen LogP contribution is -2.06. The van der Waals surface area contributed by atoms with Gasteiger partial charge in [0, 0.05) is 16.8 Å². The highest BCUT2D eigenvalue weighted by molar-refractivity contribution is 6.35. The van der Waals surface area contributed by atoms with Gasteiger partial charge < -0.3 is 5.32 Å². The standard InChI is InChI=1S/C20H13NO2/c22-19(15-10-9-13-5-1-2-6-14(13)11-15)12-17-16-7-3-4-8-18(16)21-20(17)23/h1-12H,(H,21,23). The number of allylic oxidation sites excluding steroid dienone is 1. The van der Waals surface area contributed by atoms with Gasteiger partial charge in [0.1, 0.15) is 0 Å². The van der Waals surface area contributed by atoms with Crippen molar-refractivity contribution in [3.05, 3.63) is 83.9 Å². The lowest BCUT2D eigenvalue weighted by atomic mass is 10.0. The Hall–Kier alpha value is -3.20. The van der Waals surface area contributed by atoms with Crippen LogP contribution in [0.25, 0.3) is 16.3 Å². The van der Waals surface area contributed by atoms with Crippen LogP contribution < -0.4 is 5.32 Å². The van der Waals surface area contributed by atoms with Crippen molar-refractivity contribution in [3.63, 3.8) is 0 Å². The van der Waals surface area contributed by atoms with Gasteiger partial charge in [-0.05, 0) is 29.0 Å². The maximum absolute atomic E-state index is 12.5. The fraction of sp³-hybridized carbons (Fsp3) is 0. The van der Waals surface area contributed by atoms with Gasteiger partial charge in [0.15, 0.2) is 5.78 Å². The smallest absolute Gasteiger partial charge is 0.256 e. The van der Waals surface area contributed by atoms with Crippen LogP contribution >= 0.6 is 0 Å². The average molecular weight is 299 g/mol. The molecule has 1 heterocycles. The SMILES string of the molecule is O=C1Nc2ccccc2C1=CC(=O)c1ccc2ccccc2c1. The number of hydrogen-bond donors (Lipinski definition) is 1. The van der Waals surface area contributed by atoms with E-state index in [4.69, 9.17) is 0 Å². The van der Waals surface area contributed by atoms with E-state index in [0.29, 0.717) is 11.1 Å². The molecule has 0 radical (unpaired) electrons. The number of hydrogen-bond acceptors (Lipinski definition) is 2. The summed E-state index contributed by atoms with van der Waals surface area (Å²) >= 11 is 0. The molecule has 0 atom stereocenters. The first-order valence-corrected chi connectivity index (χ1v) is 7.38. The van der Waals surface area contributed by atoms with Gasteiger partial charge in [-0.25, -0.2) is 0 Å². The Morgan fingerprint density at radius 1 is 0.870 bits per heavy atom. The van der Waals surface area contributed by atoms with Crippen LogP contribution in [0.3, 0.4) is 0 Å². The number of carbonyl (C=O) groups excluding carboxylic acids is 2. The molecule has 3 aromatic carbocycles. The third-order valence-corrected chi connectivity index (χ3v) is 4.02. The average Bonchev–Trinajstić information content (AvgIpc) is 2.90. The summed E-state index contributed by atoms with van der Waals surface area (Å²) in [4.78, 5) is 24.6. The minimum atomic E-state index is -0.236. The number of para-hydroxylation sites is 1. The number of anilines is 1. The van der Waals surface area contributed by atoms with Crippen LogP contribution in [-0.4, -0.2) is 11.7 Å². The fourth-order valence-corrected chi connectivity index (χ4v) is 2.84. The third kappa shape index (κ3) is 2.32. The molecule has 0 fully saturated rings. The highest BCUT2D eigenvalue weighted by Crippen LogP contribution is 2.31. The molecule has 1 aliphatic rings. The Bertz CT molecular complexity index is 986. The molecule has 0 aliphatic carbocycles. The molecule has 3 aromatic rings. The van der Waals surface area contributed by atoms with Crippen LogP contribution in [-0.2, 0) is 4.79 Å². The Morgan fingerprint density at radius 3 is 2.48 bits per heavy atom. The predicted molar refractivity (Wildman–Crippen MR) is 91.3 cm³/mol.